The van der Waals surface area contributed by atoms with Gasteiger partial charge in [-0.1, -0.05) is 5.16 Å². The number of oxime groups is 1. The van der Waals surface area contributed by atoms with E-state index in [-0.39, 0.29) is 12.5 Å². The number of nitrogens with zero attached hydrogens (tertiary/aromatic N) is 3. The third-order valence-electron chi connectivity index (χ3n) is 2.59. The normalized spacial score (nSPS) is 20.7. The van der Waals surface area contributed by atoms with Gasteiger partial charge in [-0.25, -0.2) is 0 Å². The Morgan fingerprint density at radius 3 is 2.40 bits per heavy atom. The van der Waals surface area contributed by atoms with Crippen LogP contribution >= 0.6 is 0 Å². The van der Waals surface area contributed by atoms with Crippen molar-refractivity contribution in [2.45, 2.75) is 6.42 Å². The summed E-state index contributed by atoms with van der Waals surface area (Å²) in [6.07, 6.45) is 0.611. The number of hydrogen-bond donors (Lipinski definition) is 2. The van der Waals surface area contributed by atoms with Crippen LogP contribution in [0.15, 0.2) is 5.16 Å². The quantitative estimate of drug-likeness (QED) is 0.288. The van der Waals surface area contributed by atoms with E-state index in [1.165, 1.54) is 0 Å². The van der Waals surface area contributed by atoms with Gasteiger partial charge in [-0.05, 0) is 6.42 Å². The molecule has 1 rings (SSSR count). The second-order valence-electron chi connectivity index (χ2n) is 3.75. The van der Waals surface area contributed by atoms with E-state index in [1.54, 1.807) is 0 Å². The van der Waals surface area contributed by atoms with Gasteiger partial charge in [-0.3, -0.25) is 9.29 Å². The molecule has 88 valence electrons. The summed E-state index contributed by atoms with van der Waals surface area (Å²) >= 11 is 0. The van der Waals surface area contributed by atoms with Gasteiger partial charge >= 0.3 is 0 Å². The first-order valence-electron chi connectivity index (χ1n) is 5.23. The number of halogens is 1. The average Bonchev–Trinajstić information content (AvgIpc) is 2.28. The second kappa shape index (κ2) is 6.58. The van der Waals surface area contributed by atoms with Crippen molar-refractivity contribution in [3.05, 3.63) is 0 Å². The molecule has 0 saturated carbocycles. The summed E-state index contributed by atoms with van der Waals surface area (Å²) in [7, 11) is 0. The third-order valence-corrected chi connectivity index (χ3v) is 2.59. The van der Waals surface area contributed by atoms with Gasteiger partial charge in [-0.2, -0.15) is 0 Å². The Hall–Kier alpha value is -0.880. The van der Waals surface area contributed by atoms with Crippen LogP contribution in [0, 0.1) is 0 Å². The highest BCUT2D eigenvalue weighted by atomic mass is 19.1. The highest BCUT2D eigenvalue weighted by molar-refractivity contribution is 5.81. The molecule has 0 spiro atoms. The number of hydrogen-bond acceptors (Lipinski definition) is 4. The molecular weight excluding hydrogens is 199 g/mol. The zero-order chi connectivity index (χ0) is 11.1. The zero-order valence-electron chi connectivity index (χ0n) is 8.90. The van der Waals surface area contributed by atoms with Gasteiger partial charge in [0.2, 0.25) is 0 Å². The Balaban J connectivity index is 2.18. The molecule has 0 aromatic heterocycles. The highest BCUT2D eigenvalue weighted by Crippen LogP contribution is 2.02. The first-order valence-corrected chi connectivity index (χ1v) is 5.23. The Morgan fingerprint density at radius 1 is 1.27 bits per heavy atom. The van der Waals surface area contributed by atoms with E-state index >= 15 is 0 Å². The minimum atomic E-state index is -0.246. The van der Waals surface area contributed by atoms with Crippen molar-refractivity contribution >= 4 is 5.84 Å². The molecule has 0 atom stereocenters. The third kappa shape index (κ3) is 4.44. The molecule has 0 unspecified atom stereocenters. The lowest BCUT2D eigenvalue weighted by Crippen LogP contribution is -2.49. The summed E-state index contributed by atoms with van der Waals surface area (Å²) in [4.78, 5) is 4.36. The maximum atomic E-state index is 11.9. The fourth-order valence-corrected chi connectivity index (χ4v) is 1.72. The molecule has 1 aliphatic heterocycles. The summed E-state index contributed by atoms with van der Waals surface area (Å²) in [6, 6.07) is 0. The minimum Gasteiger partial charge on any atom is -0.409 e. The Bertz CT molecular complexity index is 204. The SMILES string of the molecule is NC(CN1CCN(CCCF)CC1)=NO. The van der Waals surface area contributed by atoms with Crippen molar-refractivity contribution in [1.29, 1.82) is 0 Å². The summed E-state index contributed by atoms with van der Waals surface area (Å²) in [5.74, 6) is 0.243. The number of rotatable bonds is 5. The van der Waals surface area contributed by atoms with Gasteiger partial charge in [0.25, 0.3) is 0 Å². The van der Waals surface area contributed by atoms with Gasteiger partial charge in [0, 0.05) is 32.7 Å². The van der Waals surface area contributed by atoms with Crippen LogP contribution in [-0.4, -0.2) is 66.8 Å². The number of alkyl halides is 1. The molecule has 0 amide bonds. The van der Waals surface area contributed by atoms with E-state index < -0.39 is 0 Å². The summed E-state index contributed by atoms with van der Waals surface area (Å²) in [6.45, 7) is 4.73. The maximum absolute atomic E-state index is 11.9. The van der Waals surface area contributed by atoms with Crippen molar-refractivity contribution < 1.29 is 9.60 Å². The second-order valence-corrected chi connectivity index (χ2v) is 3.75. The van der Waals surface area contributed by atoms with Gasteiger partial charge in [0.15, 0.2) is 5.84 Å². The molecule has 3 N–H and O–H groups in total. The fraction of sp³-hybridized carbons (Fsp3) is 0.889. The molecule has 0 radical (unpaired) electrons. The van der Waals surface area contributed by atoms with Crippen molar-refractivity contribution in [3.63, 3.8) is 0 Å². The van der Waals surface area contributed by atoms with Crippen LogP contribution in [0.1, 0.15) is 6.42 Å². The highest BCUT2D eigenvalue weighted by Gasteiger charge is 2.16. The predicted molar refractivity (Wildman–Crippen MR) is 56.9 cm³/mol. The molecule has 1 aliphatic rings. The summed E-state index contributed by atoms with van der Waals surface area (Å²) in [5.41, 5.74) is 5.41. The van der Waals surface area contributed by atoms with Crippen molar-refractivity contribution in [3.8, 4) is 0 Å². The first kappa shape index (κ1) is 12.2. The van der Waals surface area contributed by atoms with Gasteiger partial charge in [0.05, 0.1) is 13.2 Å². The lowest BCUT2D eigenvalue weighted by Gasteiger charge is -2.34. The molecule has 1 fully saturated rings. The molecule has 0 aromatic rings. The molecule has 0 aromatic carbocycles. The molecule has 5 nitrogen and oxygen atoms in total. The number of nitrogens with two attached hydrogens (primary N) is 1. The maximum Gasteiger partial charge on any atom is 0.153 e. The van der Waals surface area contributed by atoms with Crippen LogP contribution in [0.2, 0.25) is 0 Å². The van der Waals surface area contributed by atoms with Crippen LogP contribution in [0.4, 0.5) is 4.39 Å². The van der Waals surface area contributed by atoms with Gasteiger partial charge in [0.1, 0.15) is 0 Å². The molecule has 0 aliphatic carbocycles. The lowest BCUT2D eigenvalue weighted by atomic mass is 10.3. The van der Waals surface area contributed by atoms with Crippen LogP contribution in [0.3, 0.4) is 0 Å². The van der Waals surface area contributed by atoms with Crippen LogP contribution in [-0.2, 0) is 0 Å². The van der Waals surface area contributed by atoms with Crippen LogP contribution in [0.5, 0.6) is 0 Å². The molecule has 6 heteroatoms. The first-order chi connectivity index (χ1) is 7.26. The van der Waals surface area contributed by atoms with Crippen LogP contribution < -0.4 is 5.73 Å². The smallest absolute Gasteiger partial charge is 0.153 e. The van der Waals surface area contributed by atoms with E-state index in [1.807, 2.05) is 0 Å². The standard InChI is InChI=1S/C9H19FN4O/c10-2-1-3-13-4-6-14(7-5-13)8-9(11)12-15/h15H,1-8H2,(H2,11,12). The molecule has 1 heterocycles. The van der Waals surface area contributed by atoms with Gasteiger partial charge < -0.3 is 15.8 Å². The Labute approximate surface area is 89.3 Å². The molecule has 1 saturated heterocycles. The number of amidine groups is 1. The van der Waals surface area contributed by atoms with Crippen molar-refractivity contribution in [2.75, 3.05) is 45.9 Å². The molecule has 0 bridgehead atoms. The van der Waals surface area contributed by atoms with E-state index in [0.29, 0.717) is 13.0 Å². The monoisotopic (exact) mass is 218 g/mol. The van der Waals surface area contributed by atoms with E-state index in [4.69, 9.17) is 10.9 Å². The van der Waals surface area contributed by atoms with Crippen LogP contribution in [0.25, 0.3) is 0 Å². The summed E-state index contributed by atoms with van der Waals surface area (Å²) < 4.78 is 11.9. The Kier molecular flexibility index (Phi) is 5.34. The summed E-state index contributed by atoms with van der Waals surface area (Å²) in [5, 5.41) is 11.4. The predicted octanol–water partition coefficient (Wildman–Crippen LogP) is -0.290. The van der Waals surface area contributed by atoms with E-state index in [2.05, 4.69) is 15.0 Å². The lowest BCUT2D eigenvalue weighted by molar-refractivity contribution is 0.141. The van der Waals surface area contributed by atoms with Gasteiger partial charge in [-0.15, -0.1) is 0 Å². The average molecular weight is 218 g/mol. The fourth-order valence-electron chi connectivity index (χ4n) is 1.72. The van der Waals surface area contributed by atoms with Crippen molar-refractivity contribution in [1.82, 2.24) is 9.80 Å². The molecule has 15 heavy (non-hydrogen) atoms. The zero-order valence-corrected chi connectivity index (χ0v) is 8.90. The number of piperazine rings is 1. The Morgan fingerprint density at radius 2 is 1.87 bits per heavy atom. The van der Waals surface area contributed by atoms with E-state index in [9.17, 15) is 4.39 Å². The molecular formula is C9H19FN4O. The topological polar surface area (TPSA) is 65.1 Å². The van der Waals surface area contributed by atoms with Crippen molar-refractivity contribution in [2.24, 2.45) is 10.9 Å². The largest absolute Gasteiger partial charge is 0.409 e. The van der Waals surface area contributed by atoms with E-state index in [0.717, 1.165) is 32.7 Å². The minimum absolute atomic E-state index is 0.243.